The van der Waals surface area contributed by atoms with Gasteiger partial charge in [0.25, 0.3) is 0 Å². The van der Waals surface area contributed by atoms with E-state index in [4.69, 9.17) is 4.99 Å². The summed E-state index contributed by atoms with van der Waals surface area (Å²) >= 11 is 0. The zero-order chi connectivity index (χ0) is 21.3. The van der Waals surface area contributed by atoms with E-state index in [9.17, 15) is 0 Å². The molecule has 0 bridgehead atoms. The van der Waals surface area contributed by atoms with Crippen molar-refractivity contribution >= 4 is 11.4 Å². The topological polar surface area (TPSA) is 53.1 Å². The molecule has 0 spiro atoms. The number of nitrogens with zero attached hydrogens (tertiary/aromatic N) is 2. The summed E-state index contributed by atoms with van der Waals surface area (Å²) < 4.78 is 0. The molecule has 4 heteroatoms. The van der Waals surface area contributed by atoms with Gasteiger partial charge >= 0.3 is 0 Å². The van der Waals surface area contributed by atoms with Gasteiger partial charge in [-0.2, -0.15) is 0 Å². The quantitative estimate of drug-likeness (QED) is 0.533. The van der Waals surface area contributed by atoms with E-state index in [1.54, 1.807) is 6.33 Å². The van der Waals surface area contributed by atoms with Gasteiger partial charge < -0.3 is 10.3 Å². The second-order valence-electron chi connectivity index (χ2n) is 9.25. The van der Waals surface area contributed by atoms with Gasteiger partial charge in [-0.3, -0.25) is 4.99 Å². The van der Waals surface area contributed by atoms with Crippen LogP contribution >= 0.6 is 0 Å². The summed E-state index contributed by atoms with van der Waals surface area (Å²) in [5.74, 6) is 7.36. The highest BCUT2D eigenvalue weighted by atomic mass is 15.0. The number of H-pyrrole nitrogens is 1. The average molecular weight is 421 g/mol. The van der Waals surface area contributed by atoms with E-state index >= 15 is 0 Å². The number of aliphatic imine (C=N–C) groups is 1. The van der Waals surface area contributed by atoms with Crippen LogP contribution in [-0.4, -0.2) is 22.2 Å². The zero-order valence-corrected chi connectivity index (χ0v) is 18.3. The fourth-order valence-electron chi connectivity index (χ4n) is 5.37. The Labute approximate surface area is 189 Å². The van der Waals surface area contributed by atoms with Crippen molar-refractivity contribution in [3.63, 3.8) is 0 Å². The van der Waals surface area contributed by atoms with Gasteiger partial charge in [-0.1, -0.05) is 42.9 Å². The molecule has 1 aliphatic carbocycles. The van der Waals surface area contributed by atoms with Crippen LogP contribution in [0.25, 0.3) is 11.3 Å². The first kappa shape index (κ1) is 19.5. The van der Waals surface area contributed by atoms with E-state index in [0.717, 1.165) is 47.5 Å². The van der Waals surface area contributed by atoms with E-state index in [1.165, 1.54) is 49.1 Å². The van der Waals surface area contributed by atoms with E-state index in [0.29, 0.717) is 12.0 Å². The second kappa shape index (κ2) is 8.41. The van der Waals surface area contributed by atoms with Crippen LogP contribution in [0.3, 0.4) is 0 Å². The molecule has 0 amide bonds. The molecule has 3 heterocycles. The maximum atomic E-state index is 4.96. The first-order chi connectivity index (χ1) is 15.8. The van der Waals surface area contributed by atoms with Crippen LogP contribution in [0.1, 0.15) is 67.0 Å². The number of hydrogen-bond donors (Lipinski definition) is 2. The SMILES string of the molecule is C(#Cc1ccc2c(c1)N=C(C1CCCC1)C2)c1ccc(-c2nc[nH]c2[C@@H]2CCCN2)cc1. The summed E-state index contributed by atoms with van der Waals surface area (Å²) in [6, 6.07) is 15.3. The van der Waals surface area contributed by atoms with Gasteiger partial charge in [0.15, 0.2) is 0 Å². The Morgan fingerprint density at radius 1 is 0.875 bits per heavy atom. The van der Waals surface area contributed by atoms with Gasteiger partial charge in [-0.25, -0.2) is 4.98 Å². The molecule has 160 valence electrons. The maximum Gasteiger partial charge on any atom is 0.0930 e. The largest absolute Gasteiger partial charge is 0.347 e. The highest BCUT2D eigenvalue weighted by molar-refractivity contribution is 5.96. The van der Waals surface area contributed by atoms with Crippen molar-refractivity contribution in [3.8, 4) is 23.1 Å². The summed E-state index contributed by atoms with van der Waals surface area (Å²) in [5, 5.41) is 3.55. The standard InChI is InChI=1S/C28H28N4/c1-2-5-21(4-1)26-17-23-14-11-20(16-25(23)32-26)8-7-19-9-12-22(13-10-19)27-28(31-18-30-27)24-6-3-15-29-24/h9-14,16,18,21,24,29H,1-6,15,17H2,(H,30,31)/t24-/m0/s1. The number of nitrogens with one attached hydrogen (secondary N) is 2. The van der Waals surface area contributed by atoms with Crippen LogP contribution in [0, 0.1) is 17.8 Å². The first-order valence-corrected chi connectivity index (χ1v) is 11.9. The number of rotatable bonds is 3. The number of imidazole rings is 1. The summed E-state index contributed by atoms with van der Waals surface area (Å²) in [6.07, 6.45) is 10.5. The molecule has 1 saturated carbocycles. The minimum Gasteiger partial charge on any atom is -0.347 e. The number of aromatic amines is 1. The fourth-order valence-corrected chi connectivity index (χ4v) is 5.37. The van der Waals surface area contributed by atoms with Crippen LogP contribution in [0.5, 0.6) is 0 Å². The minimum atomic E-state index is 0.378. The fraction of sp³-hybridized carbons (Fsp3) is 0.357. The summed E-state index contributed by atoms with van der Waals surface area (Å²) in [6.45, 7) is 1.08. The lowest BCUT2D eigenvalue weighted by Crippen LogP contribution is -2.14. The van der Waals surface area contributed by atoms with Gasteiger partial charge in [-0.15, -0.1) is 0 Å². The van der Waals surface area contributed by atoms with Crippen molar-refractivity contribution in [1.82, 2.24) is 15.3 Å². The first-order valence-electron chi connectivity index (χ1n) is 11.9. The van der Waals surface area contributed by atoms with E-state index in [1.807, 2.05) is 0 Å². The predicted octanol–water partition coefficient (Wildman–Crippen LogP) is 5.72. The normalized spacial score (nSPS) is 20.1. The van der Waals surface area contributed by atoms with Crippen molar-refractivity contribution in [3.05, 3.63) is 71.2 Å². The molecule has 1 atom stereocenters. The highest BCUT2D eigenvalue weighted by Crippen LogP contribution is 2.35. The Morgan fingerprint density at radius 3 is 2.50 bits per heavy atom. The molecule has 6 rings (SSSR count). The third kappa shape index (κ3) is 3.78. The Hall–Kier alpha value is -3.16. The maximum absolute atomic E-state index is 4.96. The Bertz CT molecular complexity index is 1210. The van der Waals surface area contributed by atoms with E-state index in [2.05, 4.69) is 69.6 Å². The Kier molecular flexibility index (Phi) is 5.13. The Morgan fingerprint density at radius 2 is 1.69 bits per heavy atom. The van der Waals surface area contributed by atoms with Gasteiger partial charge in [0, 0.05) is 34.9 Å². The lowest BCUT2D eigenvalue weighted by Gasteiger charge is -2.10. The number of benzene rings is 2. The Balaban J connectivity index is 1.19. The highest BCUT2D eigenvalue weighted by Gasteiger charge is 2.25. The van der Waals surface area contributed by atoms with Crippen molar-refractivity contribution in [2.75, 3.05) is 6.54 Å². The van der Waals surface area contributed by atoms with Crippen LogP contribution in [0.2, 0.25) is 0 Å². The van der Waals surface area contributed by atoms with Crippen LogP contribution in [0.4, 0.5) is 5.69 Å². The monoisotopic (exact) mass is 420 g/mol. The van der Waals surface area contributed by atoms with Crippen LogP contribution < -0.4 is 5.32 Å². The van der Waals surface area contributed by atoms with Gasteiger partial charge in [-0.05, 0) is 68.0 Å². The predicted molar refractivity (Wildman–Crippen MR) is 129 cm³/mol. The number of fused-ring (bicyclic) bond motifs is 1. The smallest absolute Gasteiger partial charge is 0.0930 e. The van der Waals surface area contributed by atoms with Crippen LogP contribution in [-0.2, 0) is 6.42 Å². The molecule has 2 fully saturated rings. The van der Waals surface area contributed by atoms with Crippen molar-refractivity contribution in [1.29, 1.82) is 0 Å². The van der Waals surface area contributed by atoms with Crippen molar-refractivity contribution in [2.24, 2.45) is 10.9 Å². The molecule has 2 N–H and O–H groups in total. The number of hydrogen-bond acceptors (Lipinski definition) is 3. The van der Waals surface area contributed by atoms with E-state index < -0.39 is 0 Å². The van der Waals surface area contributed by atoms with E-state index in [-0.39, 0.29) is 0 Å². The van der Waals surface area contributed by atoms with Gasteiger partial charge in [0.1, 0.15) is 0 Å². The number of aromatic nitrogens is 2. The molecular weight excluding hydrogens is 392 g/mol. The molecule has 0 unspecified atom stereocenters. The molecule has 3 aromatic rings. The lowest BCUT2D eigenvalue weighted by atomic mass is 9.97. The molecule has 2 aliphatic heterocycles. The average Bonchev–Trinajstić information content (AvgIpc) is 3.63. The molecule has 1 saturated heterocycles. The second-order valence-corrected chi connectivity index (χ2v) is 9.25. The molecular formula is C28H28N4. The molecule has 2 aromatic carbocycles. The summed E-state index contributed by atoms with van der Waals surface area (Å²) in [4.78, 5) is 12.9. The molecule has 32 heavy (non-hydrogen) atoms. The zero-order valence-electron chi connectivity index (χ0n) is 18.3. The molecule has 0 radical (unpaired) electrons. The van der Waals surface area contributed by atoms with Crippen LogP contribution in [0.15, 0.2) is 53.8 Å². The molecule has 4 nitrogen and oxygen atoms in total. The lowest BCUT2D eigenvalue weighted by molar-refractivity contribution is 0.633. The van der Waals surface area contributed by atoms with Gasteiger partial charge in [0.2, 0.25) is 0 Å². The third-order valence-electron chi connectivity index (χ3n) is 7.13. The third-order valence-corrected chi connectivity index (χ3v) is 7.13. The van der Waals surface area contributed by atoms with Crippen molar-refractivity contribution in [2.45, 2.75) is 51.0 Å². The van der Waals surface area contributed by atoms with Crippen molar-refractivity contribution < 1.29 is 0 Å². The summed E-state index contributed by atoms with van der Waals surface area (Å²) in [5.41, 5.74) is 9.28. The minimum absolute atomic E-state index is 0.378. The van der Waals surface area contributed by atoms with Gasteiger partial charge in [0.05, 0.1) is 23.4 Å². The molecule has 3 aliphatic rings. The summed E-state index contributed by atoms with van der Waals surface area (Å²) in [7, 11) is 0. The molecule has 1 aromatic heterocycles.